The summed E-state index contributed by atoms with van der Waals surface area (Å²) >= 11 is 0. The van der Waals surface area contributed by atoms with E-state index >= 15 is 0 Å². The molecule has 4 heteroatoms. The molecule has 2 aromatic rings. The van der Waals surface area contributed by atoms with Gasteiger partial charge in [-0.15, -0.1) is 0 Å². The van der Waals surface area contributed by atoms with Gasteiger partial charge < -0.3 is 0 Å². The van der Waals surface area contributed by atoms with E-state index < -0.39 is 9.84 Å². The van der Waals surface area contributed by atoms with Crippen LogP contribution in [0.3, 0.4) is 0 Å². The van der Waals surface area contributed by atoms with E-state index in [1.54, 1.807) is 18.3 Å². The molecule has 0 saturated heterocycles. The molecule has 2 aliphatic carbocycles. The summed E-state index contributed by atoms with van der Waals surface area (Å²) < 4.78 is 23.4. The minimum Gasteiger partial charge on any atom is -0.264 e. The summed E-state index contributed by atoms with van der Waals surface area (Å²) in [6, 6.07) is 11.5. The van der Waals surface area contributed by atoms with E-state index in [1.807, 2.05) is 24.4 Å². The molecule has 0 unspecified atom stereocenters. The highest BCUT2D eigenvalue weighted by Crippen LogP contribution is 2.59. The maximum atomic E-state index is 11.7. The van der Waals surface area contributed by atoms with Gasteiger partial charge in [0.15, 0.2) is 9.84 Å². The highest BCUT2D eigenvalue weighted by Gasteiger charge is 2.43. The topological polar surface area (TPSA) is 47.0 Å². The standard InChI is InChI=1S/C20H21NO2S/c1-24(22,23)17-7-5-15(6-8-17)18-12-20(9-3-10-20)13-19(18)16-4-2-11-21-14-16/h2,4-8,11,14H,3,9-10,12-13H2,1H3. The molecule has 0 radical (unpaired) electrons. The van der Waals surface area contributed by atoms with Crippen LogP contribution in [0.2, 0.25) is 0 Å². The van der Waals surface area contributed by atoms with Crippen LogP contribution in [0.4, 0.5) is 0 Å². The number of hydrogen-bond acceptors (Lipinski definition) is 3. The molecule has 24 heavy (non-hydrogen) atoms. The molecule has 1 saturated carbocycles. The lowest BCUT2D eigenvalue weighted by Crippen LogP contribution is -2.26. The van der Waals surface area contributed by atoms with Crippen molar-refractivity contribution in [2.45, 2.75) is 37.0 Å². The number of allylic oxidation sites excluding steroid dienone is 2. The second kappa shape index (κ2) is 5.55. The van der Waals surface area contributed by atoms with Crippen LogP contribution in [0.1, 0.15) is 43.2 Å². The van der Waals surface area contributed by atoms with E-state index in [2.05, 4.69) is 11.1 Å². The Bertz CT molecular complexity index is 892. The van der Waals surface area contributed by atoms with E-state index in [9.17, 15) is 8.42 Å². The zero-order chi connectivity index (χ0) is 16.8. The van der Waals surface area contributed by atoms with Crippen molar-refractivity contribution in [2.75, 3.05) is 6.26 Å². The molecule has 1 fully saturated rings. The Balaban J connectivity index is 1.77. The molecule has 0 atom stereocenters. The molecule has 3 nitrogen and oxygen atoms in total. The fourth-order valence-electron chi connectivity index (χ4n) is 4.05. The fraction of sp³-hybridized carbons (Fsp3) is 0.350. The first-order valence-corrected chi connectivity index (χ1v) is 10.3. The van der Waals surface area contributed by atoms with Gasteiger partial charge in [0.05, 0.1) is 4.90 Å². The summed E-state index contributed by atoms with van der Waals surface area (Å²) in [7, 11) is -3.15. The van der Waals surface area contributed by atoms with Gasteiger partial charge in [-0.05, 0) is 71.6 Å². The predicted octanol–water partition coefficient (Wildman–Crippen LogP) is 4.36. The summed E-state index contributed by atoms with van der Waals surface area (Å²) in [5, 5.41) is 0. The lowest BCUT2D eigenvalue weighted by Gasteiger charge is -2.39. The Morgan fingerprint density at radius 1 is 0.958 bits per heavy atom. The van der Waals surface area contributed by atoms with Crippen molar-refractivity contribution >= 4 is 21.0 Å². The fourth-order valence-corrected chi connectivity index (χ4v) is 4.68. The number of pyridine rings is 1. The van der Waals surface area contributed by atoms with Gasteiger partial charge in [0.25, 0.3) is 0 Å². The third-order valence-electron chi connectivity index (χ3n) is 5.52. The number of aromatic nitrogens is 1. The number of nitrogens with zero attached hydrogens (tertiary/aromatic N) is 1. The van der Waals surface area contributed by atoms with E-state index in [0.29, 0.717) is 10.3 Å². The van der Waals surface area contributed by atoms with Gasteiger partial charge in [0.1, 0.15) is 0 Å². The number of benzene rings is 1. The van der Waals surface area contributed by atoms with Crippen molar-refractivity contribution in [1.82, 2.24) is 4.98 Å². The molecule has 1 aromatic heterocycles. The molecule has 1 heterocycles. The number of sulfone groups is 1. The number of hydrogen-bond donors (Lipinski definition) is 0. The van der Waals surface area contributed by atoms with E-state index in [-0.39, 0.29) is 0 Å². The van der Waals surface area contributed by atoms with Gasteiger partial charge in [-0.2, -0.15) is 0 Å². The average Bonchev–Trinajstić information content (AvgIpc) is 2.96. The first-order chi connectivity index (χ1) is 11.5. The predicted molar refractivity (Wildman–Crippen MR) is 96.1 cm³/mol. The van der Waals surface area contributed by atoms with Crippen molar-refractivity contribution < 1.29 is 8.42 Å². The highest BCUT2D eigenvalue weighted by molar-refractivity contribution is 7.90. The third-order valence-corrected chi connectivity index (χ3v) is 6.65. The quantitative estimate of drug-likeness (QED) is 0.835. The molecule has 4 rings (SSSR count). The maximum Gasteiger partial charge on any atom is 0.175 e. The van der Waals surface area contributed by atoms with Crippen LogP contribution in [-0.2, 0) is 9.84 Å². The van der Waals surface area contributed by atoms with Crippen LogP contribution in [0.15, 0.2) is 53.7 Å². The zero-order valence-electron chi connectivity index (χ0n) is 13.8. The Morgan fingerprint density at radius 3 is 2.12 bits per heavy atom. The molecule has 0 amide bonds. The van der Waals surface area contributed by atoms with E-state index in [0.717, 1.165) is 18.4 Å². The van der Waals surface area contributed by atoms with E-state index in [1.165, 1.54) is 42.2 Å². The Kier molecular flexibility index (Phi) is 3.61. The lowest BCUT2D eigenvalue weighted by atomic mass is 9.66. The first kappa shape index (κ1) is 15.6. The minimum absolute atomic E-state index is 0.381. The van der Waals surface area contributed by atoms with Crippen molar-refractivity contribution in [1.29, 1.82) is 0 Å². The second-order valence-corrected chi connectivity index (χ2v) is 9.22. The summed E-state index contributed by atoms with van der Waals surface area (Å²) in [6.07, 6.45) is 11.1. The van der Waals surface area contributed by atoms with Crippen LogP contribution in [0.5, 0.6) is 0 Å². The van der Waals surface area contributed by atoms with Crippen LogP contribution in [-0.4, -0.2) is 19.7 Å². The van der Waals surface area contributed by atoms with Crippen molar-refractivity contribution in [2.24, 2.45) is 5.41 Å². The van der Waals surface area contributed by atoms with Gasteiger partial charge >= 0.3 is 0 Å². The summed E-state index contributed by atoms with van der Waals surface area (Å²) in [5.74, 6) is 0. The summed E-state index contributed by atoms with van der Waals surface area (Å²) in [6.45, 7) is 0. The monoisotopic (exact) mass is 339 g/mol. The van der Waals surface area contributed by atoms with E-state index in [4.69, 9.17) is 0 Å². The molecule has 0 bridgehead atoms. The van der Waals surface area contributed by atoms with Crippen LogP contribution >= 0.6 is 0 Å². The summed E-state index contributed by atoms with van der Waals surface area (Å²) in [4.78, 5) is 4.66. The average molecular weight is 339 g/mol. The Hall–Kier alpha value is -1.94. The van der Waals surface area contributed by atoms with Crippen LogP contribution in [0.25, 0.3) is 11.1 Å². The van der Waals surface area contributed by atoms with Gasteiger partial charge in [-0.3, -0.25) is 4.98 Å². The second-order valence-electron chi connectivity index (χ2n) is 7.20. The molecule has 0 aliphatic heterocycles. The van der Waals surface area contributed by atoms with Gasteiger partial charge in [0, 0.05) is 18.6 Å². The molecule has 124 valence electrons. The summed E-state index contributed by atoms with van der Waals surface area (Å²) in [5.41, 5.74) is 5.52. The lowest BCUT2D eigenvalue weighted by molar-refractivity contribution is 0.157. The smallest absolute Gasteiger partial charge is 0.175 e. The first-order valence-electron chi connectivity index (χ1n) is 8.40. The third kappa shape index (κ3) is 2.69. The van der Waals surface area contributed by atoms with Gasteiger partial charge in [-0.1, -0.05) is 24.6 Å². The van der Waals surface area contributed by atoms with Gasteiger partial charge in [-0.25, -0.2) is 8.42 Å². The van der Waals surface area contributed by atoms with Crippen molar-refractivity contribution in [3.63, 3.8) is 0 Å². The van der Waals surface area contributed by atoms with Crippen LogP contribution in [0, 0.1) is 5.41 Å². The van der Waals surface area contributed by atoms with Crippen molar-refractivity contribution in [3.8, 4) is 0 Å². The molecule has 1 aromatic carbocycles. The number of rotatable bonds is 3. The molecule has 2 aliphatic rings. The zero-order valence-corrected chi connectivity index (χ0v) is 14.6. The maximum absolute atomic E-state index is 11.7. The minimum atomic E-state index is -3.15. The van der Waals surface area contributed by atoms with Crippen molar-refractivity contribution in [3.05, 3.63) is 59.9 Å². The molecular formula is C20H21NO2S. The largest absolute Gasteiger partial charge is 0.264 e. The van der Waals surface area contributed by atoms with Crippen LogP contribution < -0.4 is 0 Å². The Labute approximate surface area is 143 Å². The molecule has 1 spiro atoms. The molecular weight excluding hydrogens is 318 g/mol. The normalized spacial score (nSPS) is 19.5. The Morgan fingerprint density at radius 2 is 1.62 bits per heavy atom. The van der Waals surface area contributed by atoms with Gasteiger partial charge in [0.2, 0.25) is 0 Å². The molecule has 0 N–H and O–H groups in total. The highest BCUT2D eigenvalue weighted by atomic mass is 32.2. The SMILES string of the molecule is CS(=O)(=O)c1ccc(C2=C(c3cccnc3)CC3(CCC3)C2)cc1.